The topological polar surface area (TPSA) is 92.3 Å². The summed E-state index contributed by atoms with van der Waals surface area (Å²) in [6, 6.07) is 13.6. The van der Waals surface area contributed by atoms with E-state index in [0.29, 0.717) is 16.7 Å². The molecular weight excluding hydrogens is 497 g/mol. The molecule has 0 spiro atoms. The van der Waals surface area contributed by atoms with Gasteiger partial charge in [-0.3, -0.25) is 14.4 Å². The van der Waals surface area contributed by atoms with Crippen LogP contribution in [0.5, 0.6) is 0 Å². The van der Waals surface area contributed by atoms with Crippen LogP contribution in [0.3, 0.4) is 0 Å². The highest BCUT2D eigenvalue weighted by atomic mass is 32.2. The minimum absolute atomic E-state index is 0.122. The number of nitrogens with one attached hydrogen (secondary N) is 1. The Balaban J connectivity index is 1.82. The molecule has 1 N–H and O–H groups in total. The van der Waals surface area contributed by atoms with Crippen molar-refractivity contribution < 1.29 is 13.2 Å². The summed E-state index contributed by atoms with van der Waals surface area (Å²) in [5, 5.41) is 11.1. The molecule has 0 atom stereocenters. The monoisotopic (exact) mass is 522 g/mol. The Kier molecular flexibility index (Phi) is 8.80. The first-order valence-corrected chi connectivity index (χ1v) is 14.7. The lowest BCUT2D eigenvalue weighted by molar-refractivity contribution is -0.114. The smallest absolute Gasteiger partial charge is 0.264 e. The van der Waals surface area contributed by atoms with Crippen LogP contribution in [0.4, 0.5) is 10.8 Å². The molecule has 3 aromatic rings. The first kappa shape index (κ1) is 25.5. The molecule has 1 heterocycles. The highest BCUT2D eigenvalue weighted by molar-refractivity contribution is 8.01. The molecule has 2 aromatic carbocycles. The predicted molar refractivity (Wildman–Crippen MR) is 138 cm³/mol. The number of benzene rings is 2. The summed E-state index contributed by atoms with van der Waals surface area (Å²) in [6.07, 6.45) is 1.92. The predicted octanol–water partition coefficient (Wildman–Crippen LogP) is 5.15. The van der Waals surface area contributed by atoms with E-state index in [9.17, 15) is 13.2 Å². The summed E-state index contributed by atoms with van der Waals surface area (Å²) in [6.45, 7) is 5.77. The van der Waals surface area contributed by atoms with Crippen molar-refractivity contribution in [1.29, 1.82) is 0 Å². The summed E-state index contributed by atoms with van der Waals surface area (Å²) in [5.74, 6) is 0.920. The van der Waals surface area contributed by atoms with Crippen LogP contribution in [0.25, 0.3) is 0 Å². The fourth-order valence-electron chi connectivity index (χ4n) is 2.75. The maximum atomic E-state index is 13.5. The second kappa shape index (κ2) is 11.4. The number of rotatable bonds is 10. The fraction of sp³-hybridized carbons (Fsp3) is 0.318. The van der Waals surface area contributed by atoms with Crippen molar-refractivity contribution in [2.45, 2.75) is 34.9 Å². The number of aromatic nitrogens is 2. The van der Waals surface area contributed by atoms with Crippen LogP contribution in [0.15, 0.2) is 62.7 Å². The highest BCUT2D eigenvalue weighted by Crippen LogP contribution is 2.28. The number of anilines is 2. The molecule has 7 nitrogen and oxygen atoms in total. The lowest BCUT2D eigenvalue weighted by Crippen LogP contribution is -2.38. The normalized spacial score (nSPS) is 11.5. The maximum absolute atomic E-state index is 13.5. The number of aryl methyl sites for hydroxylation is 1. The van der Waals surface area contributed by atoms with Crippen molar-refractivity contribution in [1.82, 2.24) is 10.2 Å². The van der Waals surface area contributed by atoms with Gasteiger partial charge in [-0.25, -0.2) is 8.42 Å². The molecule has 0 aliphatic heterocycles. The Morgan fingerprint density at radius 1 is 1.09 bits per heavy atom. The fourth-order valence-corrected chi connectivity index (χ4v) is 6.32. The number of hydrogen-bond donors (Lipinski definition) is 1. The summed E-state index contributed by atoms with van der Waals surface area (Å²) in [4.78, 5) is 13.9. The zero-order valence-corrected chi connectivity index (χ0v) is 22.1. The van der Waals surface area contributed by atoms with Crippen LogP contribution < -0.4 is 9.62 Å². The average Bonchev–Trinajstić information content (AvgIpc) is 3.24. The number of thioether (sulfide) groups is 2. The molecule has 11 heteroatoms. The van der Waals surface area contributed by atoms with E-state index in [2.05, 4.69) is 29.4 Å². The minimum Gasteiger partial charge on any atom is -0.299 e. The standard InChI is InChI=1S/C22H26N4O3S4/c1-15(2)14-31-22-25-24-21(32-22)23-20(27)13-26(17-7-5-16(3)6-8-17)33(28,29)19-11-9-18(30-4)10-12-19/h5-12,15H,13-14H2,1-4H3,(H,23,24,27). The molecule has 3 rings (SSSR count). The van der Waals surface area contributed by atoms with Crippen molar-refractivity contribution in [3.8, 4) is 0 Å². The number of carbonyl (C=O) groups is 1. The Morgan fingerprint density at radius 3 is 2.36 bits per heavy atom. The Morgan fingerprint density at radius 2 is 1.76 bits per heavy atom. The van der Waals surface area contributed by atoms with Gasteiger partial charge in [-0.1, -0.05) is 54.6 Å². The van der Waals surface area contributed by atoms with Crippen LogP contribution >= 0.6 is 34.9 Å². The van der Waals surface area contributed by atoms with E-state index < -0.39 is 15.9 Å². The molecule has 1 aromatic heterocycles. The molecule has 33 heavy (non-hydrogen) atoms. The lowest BCUT2D eigenvalue weighted by atomic mass is 10.2. The maximum Gasteiger partial charge on any atom is 0.264 e. The summed E-state index contributed by atoms with van der Waals surface area (Å²) in [5.41, 5.74) is 1.40. The van der Waals surface area contributed by atoms with Gasteiger partial charge in [0.15, 0.2) is 4.34 Å². The summed E-state index contributed by atoms with van der Waals surface area (Å²) in [7, 11) is -3.97. The van der Waals surface area contributed by atoms with E-state index in [1.807, 2.05) is 25.3 Å². The zero-order valence-electron chi connectivity index (χ0n) is 18.8. The van der Waals surface area contributed by atoms with Crippen LogP contribution in [-0.4, -0.2) is 43.1 Å². The molecule has 1 amide bonds. The van der Waals surface area contributed by atoms with Gasteiger partial charge in [0, 0.05) is 10.6 Å². The summed E-state index contributed by atoms with van der Waals surface area (Å²) >= 11 is 4.38. The molecule has 0 aliphatic carbocycles. The van der Waals surface area contributed by atoms with E-state index in [0.717, 1.165) is 24.9 Å². The molecule has 0 unspecified atom stereocenters. The van der Waals surface area contributed by atoms with E-state index in [-0.39, 0.29) is 11.4 Å². The van der Waals surface area contributed by atoms with Gasteiger partial charge in [0.1, 0.15) is 6.54 Å². The van der Waals surface area contributed by atoms with Crippen LogP contribution in [0, 0.1) is 12.8 Å². The van der Waals surface area contributed by atoms with Gasteiger partial charge in [0.05, 0.1) is 10.6 Å². The molecular formula is C22H26N4O3S4. The van der Waals surface area contributed by atoms with E-state index >= 15 is 0 Å². The second-order valence-electron chi connectivity index (χ2n) is 7.65. The highest BCUT2D eigenvalue weighted by Gasteiger charge is 2.27. The lowest BCUT2D eigenvalue weighted by Gasteiger charge is -2.24. The third kappa shape index (κ3) is 6.95. The Bertz CT molecular complexity index is 1180. The van der Waals surface area contributed by atoms with Crippen molar-refractivity contribution in [2.24, 2.45) is 5.92 Å². The number of hydrogen-bond acceptors (Lipinski definition) is 8. The molecule has 0 aliphatic rings. The van der Waals surface area contributed by atoms with Crippen LogP contribution in [0.2, 0.25) is 0 Å². The van der Waals surface area contributed by atoms with Gasteiger partial charge < -0.3 is 0 Å². The quantitative estimate of drug-likeness (QED) is 0.291. The third-order valence-corrected chi connectivity index (χ3v) is 9.38. The van der Waals surface area contributed by atoms with Gasteiger partial charge in [-0.15, -0.1) is 22.0 Å². The zero-order chi connectivity index (χ0) is 24.0. The third-order valence-electron chi connectivity index (χ3n) is 4.45. The molecule has 0 saturated carbocycles. The molecule has 0 radical (unpaired) electrons. The first-order valence-electron chi connectivity index (χ1n) is 10.2. The number of carbonyl (C=O) groups excluding carboxylic acids is 1. The Hall–Kier alpha value is -2.08. The number of amides is 1. The molecule has 0 saturated heterocycles. The van der Waals surface area contributed by atoms with Gasteiger partial charge in [0.2, 0.25) is 11.0 Å². The molecule has 176 valence electrons. The van der Waals surface area contributed by atoms with Gasteiger partial charge in [-0.05, 0) is 55.5 Å². The first-order chi connectivity index (χ1) is 15.7. The SMILES string of the molecule is CSc1ccc(S(=O)(=O)N(CC(=O)Nc2nnc(SCC(C)C)s2)c2ccc(C)cc2)cc1. The van der Waals surface area contributed by atoms with Crippen molar-refractivity contribution in [3.63, 3.8) is 0 Å². The van der Waals surface area contributed by atoms with E-state index in [4.69, 9.17) is 0 Å². The average molecular weight is 523 g/mol. The van der Waals surface area contributed by atoms with E-state index in [1.165, 1.54) is 23.1 Å². The number of nitrogens with zero attached hydrogens (tertiary/aromatic N) is 3. The van der Waals surface area contributed by atoms with Crippen LogP contribution in [-0.2, 0) is 14.8 Å². The largest absolute Gasteiger partial charge is 0.299 e. The van der Waals surface area contributed by atoms with Crippen molar-refractivity contribution >= 4 is 61.6 Å². The van der Waals surface area contributed by atoms with E-state index in [1.54, 1.807) is 48.2 Å². The van der Waals surface area contributed by atoms with Crippen LogP contribution in [0.1, 0.15) is 19.4 Å². The van der Waals surface area contributed by atoms with Crippen molar-refractivity contribution in [2.75, 3.05) is 28.2 Å². The molecule has 0 bridgehead atoms. The van der Waals surface area contributed by atoms with Gasteiger partial charge >= 0.3 is 0 Å². The summed E-state index contributed by atoms with van der Waals surface area (Å²) < 4.78 is 28.8. The minimum atomic E-state index is -3.97. The Labute approximate surface area is 207 Å². The molecule has 0 fully saturated rings. The van der Waals surface area contributed by atoms with Crippen molar-refractivity contribution in [3.05, 3.63) is 54.1 Å². The second-order valence-corrected chi connectivity index (χ2v) is 12.6. The number of sulfonamides is 1. The van der Waals surface area contributed by atoms with Gasteiger partial charge in [-0.2, -0.15) is 0 Å². The van der Waals surface area contributed by atoms with Gasteiger partial charge in [0.25, 0.3) is 10.0 Å².